The van der Waals surface area contributed by atoms with Crippen molar-refractivity contribution in [2.45, 2.75) is 24.9 Å². The number of rotatable bonds is 3. The van der Waals surface area contributed by atoms with Gasteiger partial charge in [0.05, 0.1) is 7.11 Å². The molecule has 1 aromatic carbocycles. The molecule has 94 valence electrons. The number of carbonyl (C=O) groups excluding carboxylic acids is 1. The van der Waals surface area contributed by atoms with E-state index in [1.54, 1.807) is 7.11 Å². The van der Waals surface area contributed by atoms with E-state index in [-0.39, 0.29) is 5.91 Å². The zero-order chi connectivity index (χ0) is 12.5. The number of benzene rings is 1. The molecule has 1 amide bonds. The van der Waals surface area contributed by atoms with Crippen LogP contribution in [0, 0.1) is 0 Å². The molecule has 1 aliphatic heterocycles. The molecule has 5 nitrogen and oxygen atoms in total. The van der Waals surface area contributed by atoms with Crippen molar-refractivity contribution in [2.24, 2.45) is 4.99 Å². The summed E-state index contributed by atoms with van der Waals surface area (Å²) in [5.41, 5.74) is 0.847. The van der Waals surface area contributed by atoms with Gasteiger partial charge in [-0.1, -0.05) is 12.1 Å². The van der Waals surface area contributed by atoms with Crippen LogP contribution in [-0.4, -0.2) is 25.0 Å². The molecule has 18 heavy (non-hydrogen) atoms. The van der Waals surface area contributed by atoms with E-state index in [1.807, 2.05) is 24.3 Å². The van der Waals surface area contributed by atoms with Crippen LogP contribution < -0.4 is 15.4 Å². The number of nitrogens with zero attached hydrogens (tertiary/aromatic N) is 1. The third-order valence-corrected chi connectivity index (χ3v) is 3.08. The van der Waals surface area contributed by atoms with E-state index in [1.165, 1.54) is 0 Å². The standard InChI is InChI=1S/C13H15N3O2/c1-18-10-4-2-3-8(7-10)11-12(17)16-13(15-11)14-9-5-6-9/h2-4,7,9,11H,5-6H2,1H3,(H2,14,15,16,17). The average molecular weight is 245 g/mol. The topological polar surface area (TPSA) is 62.7 Å². The minimum absolute atomic E-state index is 0.0913. The Morgan fingerprint density at radius 1 is 1.44 bits per heavy atom. The van der Waals surface area contributed by atoms with Gasteiger partial charge in [-0.15, -0.1) is 0 Å². The number of nitrogens with one attached hydrogen (secondary N) is 2. The van der Waals surface area contributed by atoms with Gasteiger partial charge < -0.3 is 10.1 Å². The zero-order valence-electron chi connectivity index (χ0n) is 10.1. The highest BCUT2D eigenvalue weighted by atomic mass is 16.5. The summed E-state index contributed by atoms with van der Waals surface area (Å²) in [7, 11) is 1.61. The lowest BCUT2D eigenvalue weighted by Crippen LogP contribution is -2.37. The molecule has 1 unspecified atom stereocenters. The Morgan fingerprint density at radius 3 is 3.00 bits per heavy atom. The lowest BCUT2D eigenvalue weighted by Gasteiger charge is -2.06. The van der Waals surface area contributed by atoms with Gasteiger partial charge in [0.1, 0.15) is 5.75 Å². The largest absolute Gasteiger partial charge is 0.497 e. The SMILES string of the molecule is COc1cccc(C2N=C(NC3CC3)NC2=O)c1. The number of aliphatic imine (C=N–C) groups is 1. The molecule has 3 rings (SSSR count). The van der Waals surface area contributed by atoms with Crippen LogP contribution in [0.15, 0.2) is 29.3 Å². The number of carbonyl (C=O) groups is 1. The van der Waals surface area contributed by atoms with Crippen LogP contribution in [0.1, 0.15) is 24.4 Å². The number of ether oxygens (including phenoxy) is 1. The first-order valence-corrected chi connectivity index (χ1v) is 6.05. The second-order valence-electron chi connectivity index (χ2n) is 4.56. The summed E-state index contributed by atoms with van der Waals surface area (Å²) >= 11 is 0. The smallest absolute Gasteiger partial charge is 0.256 e. The molecule has 5 heteroatoms. The summed E-state index contributed by atoms with van der Waals surface area (Å²) in [6.07, 6.45) is 2.30. The number of methoxy groups -OCH3 is 1. The van der Waals surface area contributed by atoms with Gasteiger partial charge in [0, 0.05) is 6.04 Å². The van der Waals surface area contributed by atoms with Crippen LogP contribution in [-0.2, 0) is 4.79 Å². The molecule has 1 fully saturated rings. The molecule has 0 aromatic heterocycles. The van der Waals surface area contributed by atoms with Gasteiger partial charge >= 0.3 is 0 Å². The average Bonchev–Trinajstić information content (AvgIpc) is 3.12. The third-order valence-electron chi connectivity index (χ3n) is 3.08. The van der Waals surface area contributed by atoms with Crippen molar-refractivity contribution in [3.63, 3.8) is 0 Å². The van der Waals surface area contributed by atoms with Gasteiger partial charge in [-0.2, -0.15) is 0 Å². The summed E-state index contributed by atoms with van der Waals surface area (Å²) < 4.78 is 5.16. The Balaban J connectivity index is 1.81. The van der Waals surface area contributed by atoms with Crippen LogP contribution in [0.3, 0.4) is 0 Å². The highest BCUT2D eigenvalue weighted by Crippen LogP contribution is 2.25. The van der Waals surface area contributed by atoms with Crippen molar-refractivity contribution in [2.75, 3.05) is 7.11 Å². The first-order valence-electron chi connectivity index (χ1n) is 6.05. The summed E-state index contributed by atoms with van der Waals surface area (Å²) in [5.74, 6) is 1.24. The van der Waals surface area contributed by atoms with Crippen molar-refractivity contribution >= 4 is 11.9 Å². The van der Waals surface area contributed by atoms with E-state index in [0.717, 1.165) is 24.2 Å². The summed E-state index contributed by atoms with van der Waals surface area (Å²) in [5, 5.41) is 5.97. The minimum Gasteiger partial charge on any atom is -0.497 e. The maximum absolute atomic E-state index is 11.9. The van der Waals surface area contributed by atoms with E-state index < -0.39 is 6.04 Å². The van der Waals surface area contributed by atoms with E-state index in [2.05, 4.69) is 15.6 Å². The molecule has 1 aromatic rings. The summed E-state index contributed by atoms with van der Waals surface area (Å²) in [4.78, 5) is 16.3. The fourth-order valence-electron chi connectivity index (χ4n) is 1.94. The van der Waals surface area contributed by atoms with Gasteiger partial charge in [0.25, 0.3) is 5.91 Å². The maximum Gasteiger partial charge on any atom is 0.256 e. The Kier molecular flexibility index (Phi) is 2.66. The Bertz CT molecular complexity index is 509. The Morgan fingerprint density at radius 2 is 2.28 bits per heavy atom. The molecule has 1 atom stereocenters. The Labute approximate surface area is 105 Å². The summed E-state index contributed by atoms with van der Waals surface area (Å²) in [6, 6.07) is 7.45. The highest BCUT2D eigenvalue weighted by Gasteiger charge is 2.31. The first kappa shape index (κ1) is 11.1. The summed E-state index contributed by atoms with van der Waals surface area (Å²) in [6.45, 7) is 0. The molecule has 1 heterocycles. The van der Waals surface area contributed by atoms with Crippen molar-refractivity contribution in [1.82, 2.24) is 10.6 Å². The van der Waals surface area contributed by atoms with Crippen LogP contribution in [0.2, 0.25) is 0 Å². The van der Waals surface area contributed by atoms with Crippen LogP contribution >= 0.6 is 0 Å². The van der Waals surface area contributed by atoms with Crippen LogP contribution in [0.25, 0.3) is 0 Å². The van der Waals surface area contributed by atoms with E-state index in [4.69, 9.17) is 4.74 Å². The van der Waals surface area contributed by atoms with Gasteiger partial charge in [-0.3, -0.25) is 10.1 Å². The second-order valence-corrected chi connectivity index (χ2v) is 4.56. The molecule has 2 N–H and O–H groups in total. The fourth-order valence-corrected chi connectivity index (χ4v) is 1.94. The predicted molar refractivity (Wildman–Crippen MR) is 67.5 cm³/mol. The normalized spacial score (nSPS) is 22.4. The quantitative estimate of drug-likeness (QED) is 0.834. The molecule has 2 aliphatic rings. The number of hydrogen-bond donors (Lipinski definition) is 2. The van der Waals surface area contributed by atoms with E-state index >= 15 is 0 Å². The number of hydrogen-bond acceptors (Lipinski definition) is 4. The molecule has 0 radical (unpaired) electrons. The maximum atomic E-state index is 11.9. The van der Waals surface area contributed by atoms with Gasteiger partial charge in [0.15, 0.2) is 12.0 Å². The monoisotopic (exact) mass is 245 g/mol. The molecule has 1 aliphatic carbocycles. The molecule has 0 spiro atoms. The lowest BCUT2D eigenvalue weighted by atomic mass is 10.1. The predicted octanol–water partition coefficient (Wildman–Crippen LogP) is 0.974. The third kappa shape index (κ3) is 2.16. The second kappa shape index (κ2) is 4.33. The fraction of sp³-hybridized carbons (Fsp3) is 0.385. The van der Waals surface area contributed by atoms with Gasteiger partial charge in [-0.25, -0.2) is 4.99 Å². The molecule has 0 saturated heterocycles. The van der Waals surface area contributed by atoms with E-state index in [9.17, 15) is 4.79 Å². The minimum atomic E-state index is -0.471. The Hall–Kier alpha value is -2.04. The van der Waals surface area contributed by atoms with Crippen molar-refractivity contribution in [1.29, 1.82) is 0 Å². The number of amides is 1. The van der Waals surface area contributed by atoms with Gasteiger partial charge in [-0.05, 0) is 30.5 Å². The molecular weight excluding hydrogens is 230 g/mol. The first-order chi connectivity index (χ1) is 8.76. The van der Waals surface area contributed by atoms with Gasteiger partial charge in [0.2, 0.25) is 0 Å². The van der Waals surface area contributed by atoms with Crippen LogP contribution in [0.4, 0.5) is 0 Å². The molecule has 1 saturated carbocycles. The number of guanidine groups is 1. The van der Waals surface area contributed by atoms with Crippen molar-refractivity contribution < 1.29 is 9.53 Å². The highest BCUT2D eigenvalue weighted by molar-refractivity contribution is 6.05. The molecule has 0 bridgehead atoms. The lowest BCUT2D eigenvalue weighted by molar-refractivity contribution is -0.120. The van der Waals surface area contributed by atoms with Crippen LogP contribution in [0.5, 0.6) is 5.75 Å². The zero-order valence-corrected chi connectivity index (χ0v) is 10.1. The van der Waals surface area contributed by atoms with E-state index in [0.29, 0.717) is 12.0 Å². The molecular formula is C13H15N3O2. The van der Waals surface area contributed by atoms with Crippen molar-refractivity contribution in [3.05, 3.63) is 29.8 Å². The van der Waals surface area contributed by atoms with Crippen molar-refractivity contribution in [3.8, 4) is 5.75 Å².